The molecular weight excluding hydrogens is 515 g/mol. The SMILES string of the molecule is CN=C(NCc1ccc(OC)c(OC)c1OC)NC1CCc2nc(COC)nn2C1.I. The predicted octanol–water partition coefficient (Wildman–Crippen LogP) is 1.75. The maximum absolute atomic E-state index is 5.55. The van der Waals surface area contributed by atoms with Gasteiger partial charge in [-0.15, -0.1) is 24.0 Å². The van der Waals surface area contributed by atoms with Gasteiger partial charge in [0, 0.05) is 38.7 Å². The van der Waals surface area contributed by atoms with Gasteiger partial charge in [0.15, 0.2) is 23.3 Å². The van der Waals surface area contributed by atoms with Gasteiger partial charge in [0.1, 0.15) is 12.4 Å². The highest BCUT2D eigenvalue weighted by Crippen LogP contribution is 2.39. The quantitative estimate of drug-likeness (QED) is 0.293. The van der Waals surface area contributed by atoms with Crippen molar-refractivity contribution in [3.05, 3.63) is 29.3 Å². The summed E-state index contributed by atoms with van der Waals surface area (Å²) in [5.74, 6) is 4.25. The Balaban J connectivity index is 0.00000341. The van der Waals surface area contributed by atoms with Crippen LogP contribution in [-0.4, -0.2) is 62.3 Å². The maximum Gasteiger partial charge on any atom is 0.203 e. The molecule has 1 aliphatic rings. The zero-order chi connectivity index (χ0) is 21.5. The number of nitrogens with zero attached hydrogens (tertiary/aromatic N) is 4. The van der Waals surface area contributed by atoms with E-state index in [2.05, 4.69) is 25.7 Å². The molecule has 3 rings (SSSR count). The van der Waals surface area contributed by atoms with Crippen LogP contribution in [0.25, 0.3) is 0 Å². The molecule has 2 heterocycles. The molecule has 0 spiro atoms. The van der Waals surface area contributed by atoms with Crippen molar-refractivity contribution in [1.82, 2.24) is 25.4 Å². The largest absolute Gasteiger partial charge is 0.493 e. The Morgan fingerprint density at radius 1 is 1.16 bits per heavy atom. The second kappa shape index (κ2) is 11.9. The summed E-state index contributed by atoms with van der Waals surface area (Å²) >= 11 is 0. The Morgan fingerprint density at radius 3 is 2.58 bits per heavy atom. The first kappa shape index (κ1) is 25.0. The molecule has 0 saturated carbocycles. The number of ether oxygens (including phenoxy) is 4. The van der Waals surface area contributed by atoms with Crippen LogP contribution >= 0.6 is 24.0 Å². The maximum atomic E-state index is 5.55. The van der Waals surface area contributed by atoms with Gasteiger partial charge in [-0.05, 0) is 18.6 Å². The smallest absolute Gasteiger partial charge is 0.203 e. The highest BCUT2D eigenvalue weighted by molar-refractivity contribution is 14.0. The molecule has 0 amide bonds. The molecule has 1 aliphatic heterocycles. The van der Waals surface area contributed by atoms with Gasteiger partial charge in [0.25, 0.3) is 0 Å². The van der Waals surface area contributed by atoms with Gasteiger partial charge in [-0.1, -0.05) is 0 Å². The predicted molar refractivity (Wildman–Crippen MR) is 128 cm³/mol. The first-order chi connectivity index (χ1) is 14.6. The number of fused-ring (bicyclic) bond motifs is 1. The van der Waals surface area contributed by atoms with Crippen LogP contribution in [-0.2, 0) is 30.9 Å². The number of methoxy groups -OCH3 is 4. The fraction of sp³-hybridized carbons (Fsp3) is 0.550. The summed E-state index contributed by atoms with van der Waals surface area (Å²) in [6, 6.07) is 4.01. The van der Waals surface area contributed by atoms with Crippen molar-refractivity contribution in [3.63, 3.8) is 0 Å². The molecule has 10 nitrogen and oxygen atoms in total. The lowest BCUT2D eigenvalue weighted by atomic mass is 10.1. The second-order valence-electron chi connectivity index (χ2n) is 6.86. The highest BCUT2D eigenvalue weighted by Gasteiger charge is 2.23. The lowest BCUT2D eigenvalue weighted by molar-refractivity contribution is 0.177. The van der Waals surface area contributed by atoms with Crippen molar-refractivity contribution in [2.24, 2.45) is 4.99 Å². The van der Waals surface area contributed by atoms with Gasteiger partial charge in [-0.25, -0.2) is 9.67 Å². The molecule has 0 saturated heterocycles. The minimum Gasteiger partial charge on any atom is -0.493 e. The van der Waals surface area contributed by atoms with Crippen LogP contribution in [0.2, 0.25) is 0 Å². The number of hydrogen-bond donors (Lipinski definition) is 2. The summed E-state index contributed by atoms with van der Waals surface area (Å²) in [6.45, 7) is 1.67. The molecule has 0 radical (unpaired) electrons. The van der Waals surface area contributed by atoms with E-state index >= 15 is 0 Å². The first-order valence-corrected chi connectivity index (χ1v) is 9.80. The van der Waals surface area contributed by atoms with Gasteiger partial charge in [0.2, 0.25) is 5.75 Å². The van der Waals surface area contributed by atoms with E-state index in [1.807, 2.05) is 16.8 Å². The van der Waals surface area contributed by atoms with Crippen molar-refractivity contribution in [2.45, 2.75) is 38.6 Å². The van der Waals surface area contributed by atoms with E-state index in [9.17, 15) is 0 Å². The molecule has 0 aliphatic carbocycles. The fourth-order valence-electron chi connectivity index (χ4n) is 3.54. The van der Waals surface area contributed by atoms with Crippen molar-refractivity contribution in [3.8, 4) is 17.2 Å². The Hall–Kier alpha value is -2.28. The monoisotopic (exact) mass is 546 g/mol. The molecule has 172 valence electrons. The number of aliphatic imine (C=N–C) groups is 1. The lowest BCUT2D eigenvalue weighted by Crippen LogP contribution is -2.46. The Labute approximate surface area is 199 Å². The zero-order valence-electron chi connectivity index (χ0n) is 18.6. The third-order valence-electron chi connectivity index (χ3n) is 4.97. The molecule has 31 heavy (non-hydrogen) atoms. The van der Waals surface area contributed by atoms with E-state index in [4.69, 9.17) is 18.9 Å². The van der Waals surface area contributed by atoms with Gasteiger partial charge in [0.05, 0.1) is 27.9 Å². The number of rotatable bonds is 8. The van der Waals surface area contributed by atoms with Crippen LogP contribution in [0, 0.1) is 0 Å². The van der Waals surface area contributed by atoms with Crippen molar-refractivity contribution >= 4 is 29.9 Å². The number of guanidine groups is 1. The van der Waals surface area contributed by atoms with Gasteiger partial charge in [-0.3, -0.25) is 4.99 Å². The summed E-state index contributed by atoms with van der Waals surface area (Å²) in [5, 5.41) is 11.3. The molecule has 2 N–H and O–H groups in total. The van der Waals surface area contributed by atoms with Crippen molar-refractivity contribution in [1.29, 1.82) is 0 Å². The highest BCUT2D eigenvalue weighted by atomic mass is 127. The summed E-state index contributed by atoms with van der Waals surface area (Å²) in [6.07, 6.45) is 1.81. The topological polar surface area (TPSA) is 104 Å². The Morgan fingerprint density at radius 2 is 1.94 bits per heavy atom. The van der Waals surface area contributed by atoms with Gasteiger partial charge in [-0.2, -0.15) is 5.10 Å². The molecular formula is C20H31IN6O4. The van der Waals surface area contributed by atoms with Crippen molar-refractivity contribution < 1.29 is 18.9 Å². The molecule has 0 fully saturated rings. The van der Waals surface area contributed by atoms with Crippen LogP contribution in [0.5, 0.6) is 17.2 Å². The third-order valence-corrected chi connectivity index (χ3v) is 4.97. The number of benzene rings is 1. The third kappa shape index (κ3) is 5.91. The van der Waals surface area contributed by atoms with Crippen LogP contribution in [0.3, 0.4) is 0 Å². The normalized spacial score (nSPS) is 15.5. The van der Waals surface area contributed by atoms with E-state index in [0.29, 0.717) is 36.4 Å². The minimum atomic E-state index is 0. The average molecular weight is 546 g/mol. The van der Waals surface area contributed by atoms with E-state index < -0.39 is 0 Å². The van der Waals surface area contributed by atoms with Gasteiger partial charge >= 0.3 is 0 Å². The van der Waals surface area contributed by atoms with Crippen LogP contribution in [0.1, 0.15) is 23.6 Å². The lowest BCUT2D eigenvalue weighted by Gasteiger charge is -2.25. The minimum absolute atomic E-state index is 0. The van der Waals surface area contributed by atoms with Crippen LogP contribution < -0.4 is 24.8 Å². The average Bonchev–Trinajstić information content (AvgIpc) is 3.17. The summed E-state index contributed by atoms with van der Waals surface area (Å²) in [5.41, 5.74) is 0.935. The van der Waals surface area contributed by atoms with E-state index in [1.54, 1.807) is 35.5 Å². The molecule has 1 aromatic heterocycles. The summed E-state index contributed by atoms with van der Waals surface area (Å²) < 4.78 is 23.4. The molecule has 11 heteroatoms. The van der Waals surface area contributed by atoms with E-state index in [1.165, 1.54) is 0 Å². The summed E-state index contributed by atoms with van der Waals surface area (Å²) in [4.78, 5) is 8.87. The number of halogens is 1. The Bertz CT molecular complexity index is 889. The molecule has 1 atom stereocenters. The fourth-order valence-corrected chi connectivity index (χ4v) is 3.54. The van der Waals surface area contributed by atoms with Gasteiger partial charge < -0.3 is 29.6 Å². The van der Waals surface area contributed by atoms with Crippen molar-refractivity contribution in [2.75, 3.05) is 35.5 Å². The molecule has 1 unspecified atom stereocenters. The van der Waals surface area contributed by atoms with E-state index in [-0.39, 0.29) is 30.0 Å². The standard InChI is InChI=1S/C20H30N6O4.HI/c1-21-20(22-10-13-6-8-15(28-3)19(30-5)18(13)29-4)23-14-7-9-17-24-16(12-27-2)25-26(17)11-14;/h6,8,14H,7,9-12H2,1-5H3,(H2,21,22,23);1H. The Kier molecular flexibility index (Phi) is 9.62. The number of aromatic nitrogens is 3. The number of hydrogen-bond acceptors (Lipinski definition) is 7. The second-order valence-corrected chi connectivity index (χ2v) is 6.86. The molecule has 2 aromatic rings. The molecule has 1 aromatic carbocycles. The summed E-state index contributed by atoms with van der Waals surface area (Å²) in [7, 11) is 8.21. The first-order valence-electron chi connectivity index (χ1n) is 9.80. The zero-order valence-corrected chi connectivity index (χ0v) is 20.9. The molecule has 0 bridgehead atoms. The number of aryl methyl sites for hydroxylation is 1. The number of nitrogens with one attached hydrogen (secondary N) is 2. The van der Waals surface area contributed by atoms with E-state index in [0.717, 1.165) is 36.6 Å². The van der Waals surface area contributed by atoms with Crippen LogP contribution in [0.15, 0.2) is 17.1 Å². The van der Waals surface area contributed by atoms with Crippen LogP contribution in [0.4, 0.5) is 0 Å².